The van der Waals surface area contributed by atoms with Crippen LogP contribution in [0.15, 0.2) is 22.6 Å². The largest absolute Gasteiger partial charge is 0.493 e. The molecule has 0 saturated carbocycles. The Morgan fingerprint density at radius 1 is 1.03 bits per heavy atom. The highest BCUT2D eigenvalue weighted by Gasteiger charge is 2.18. The summed E-state index contributed by atoms with van der Waals surface area (Å²) in [5.41, 5.74) is 1.30. The normalized spacial score (nSPS) is 14.7. The summed E-state index contributed by atoms with van der Waals surface area (Å²) >= 11 is 0. The first kappa shape index (κ1) is 24.0. The number of benzene rings is 1. The number of hydrogen-bond acceptors (Lipinski definition) is 7. The van der Waals surface area contributed by atoms with Crippen LogP contribution in [-0.2, 0) is 16.0 Å². The summed E-state index contributed by atoms with van der Waals surface area (Å²) in [6, 6.07) is 5.39. The Hall–Kier alpha value is -2.67. The molecule has 0 N–H and O–H groups in total. The Kier molecular flexibility index (Phi) is 8.85. The van der Waals surface area contributed by atoms with Crippen molar-refractivity contribution in [2.75, 3.05) is 33.9 Å². The molecule has 0 unspecified atom stereocenters. The second-order valence-corrected chi connectivity index (χ2v) is 8.38. The van der Waals surface area contributed by atoms with Crippen molar-refractivity contribution in [3.63, 3.8) is 0 Å². The molecule has 7 nitrogen and oxygen atoms in total. The fourth-order valence-corrected chi connectivity index (χ4v) is 4.10. The lowest BCUT2D eigenvalue weighted by Crippen LogP contribution is -2.26. The summed E-state index contributed by atoms with van der Waals surface area (Å²) in [6.45, 7) is 4.97. The summed E-state index contributed by atoms with van der Waals surface area (Å²) in [5.74, 6) is 2.06. The zero-order valence-corrected chi connectivity index (χ0v) is 19.4. The molecule has 0 bridgehead atoms. The Morgan fingerprint density at radius 2 is 1.75 bits per heavy atom. The van der Waals surface area contributed by atoms with Crippen molar-refractivity contribution < 1.29 is 23.5 Å². The van der Waals surface area contributed by atoms with Crippen LogP contribution in [0.2, 0.25) is 0 Å². The van der Waals surface area contributed by atoms with Gasteiger partial charge in [0.15, 0.2) is 11.5 Å². The molecular weight excluding hydrogens is 408 g/mol. The number of aromatic nitrogens is 1. The van der Waals surface area contributed by atoms with E-state index in [1.54, 1.807) is 33.3 Å². The summed E-state index contributed by atoms with van der Waals surface area (Å²) in [6.07, 6.45) is 6.43. The first-order chi connectivity index (χ1) is 15.5. The zero-order valence-electron chi connectivity index (χ0n) is 19.4. The molecule has 0 spiro atoms. The molecular formula is C25H34N2O5. The number of ether oxygens (including phenoxy) is 2. The molecule has 1 aliphatic heterocycles. The van der Waals surface area contributed by atoms with E-state index in [4.69, 9.17) is 13.9 Å². The fraction of sp³-hybridized carbons (Fsp3) is 0.560. The van der Waals surface area contributed by atoms with Gasteiger partial charge >= 0.3 is 0 Å². The molecule has 1 aliphatic rings. The van der Waals surface area contributed by atoms with Crippen LogP contribution in [0.25, 0.3) is 11.5 Å². The number of likely N-dealkylation sites (tertiary alicyclic amines) is 1. The van der Waals surface area contributed by atoms with Gasteiger partial charge in [-0.1, -0.05) is 12.8 Å². The number of methoxy groups -OCH3 is 2. The van der Waals surface area contributed by atoms with Gasteiger partial charge in [0.1, 0.15) is 17.3 Å². The van der Waals surface area contributed by atoms with E-state index in [9.17, 15) is 9.59 Å². The van der Waals surface area contributed by atoms with Gasteiger partial charge in [-0.2, -0.15) is 0 Å². The number of carbonyl (C=O) groups is 2. The van der Waals surface area contributed by atoms with Crippen molar-refractivity contribution >= 4 is 11.6 Å². The van der Waals surface area contributed by atoms with Crippen molar-refractivity contribution in [1.82, 2.24) is 9.88 Å². The van der Waals surface area contributed by atoms with Crippen LogP contribution in [0.3, 0.4) is 0 Å². The standard InChI is InChI=1S/C25H34N2O5/c1-18-22(26-25(32-18)19-10-11-23(30-2)24(15-19)31-3)17-21(29)16-20(28)9-8-14-27-12-6-4-5-7-13-27/h10-11,15H,4-9,12-14,16-17H2,1-3H3. The average Bonchev–Trinajstić information content (AvgIpc) is 2.97. The monoisotopic (exact) mass is 442 g/mol. The number of nitrogens with zero attached hydrogens (tertiary/aromatic N) is 2. The smallest absolute Gasteiger partial charge is 0.226 e. The number of aryl methyl sites for hydroxylation is 1. The van der Waals surface area contributed by atoms with Crippen LogP contribution in [0, 0.1) is 6.92 Å². The maximum Gasteiger partial charge on any atom is 0.226 e. The van der Waals surface area contributed by atoms with Gasteiger partial charge in [-0.15, -0.1) is 0 Å². The van der Waals surface area contributed by atoms with Crippen molar-refractivity contribution in [3.05, 3.63) is 29.7 Å². The SMILES string of the molecule is COc1ccc(-c2nc(CC(=O)CC(=O)CCCN3CCCCCC3)c(C)o2)cc1OC. The molecule has 3 rings (SSSR count). The molecule has 32 heavy (non-hydrogen) atoms. The molecule has 2 aromatic rings. The first-order valence-electron chi connectivity index (χ1n) is 11.4. The van der Waals surface area contributed by atoms with Gasteiger partial charge < -0.3 is 18.8 Å². The molecule has 1 fully saturated rings. The molecule has 1 saturated heterocycles. The zero-order chi connectivity index (χ0) is 22.9. The van der Waals surface area contributed by atoms with E-state index in [-0.39, 0.29) is 24.4 Å². The van der Waals surface area contributed by atoms with Crippen molar-refractivity contribution in [2.45, 2.75) is 58.3 Å². The summed E-state index contributed by atoms with van der Waals surface area (Å²) < 4.78 is 16.4. The summed E-state index contributed by atoms with van der Waals surface area (Å²) in [7, 11) is 3.14. The minimum atomic E-state index is -0.125. The van der Waals surface area contributed by atoms with E-state index in [1.165, 1.54) is 25.7 Å². The maximum absolute atomic E-state index is 12.5. The second-order valence-electron chi connectivity index (χ2n) is 8.38. The van der Waals surface area contributed by atoms with Gasteiger partial charge in [-0.25, -0.2) is 4.98 Å². The number of Topliss-reactive ketones (excluding diaryl/α,β-unsaturated/α-hetero) is 2. The van der Waals surface area contributed by atoms with Crippen LogP contribution in [0.5, 0.6) is 11.5 Å². The van der Waals surface area contributed by atoms with Gasteiger partial charge in [0, 0.05) is 12.0 Å². The van der Waals surface area contributed by atoms with Crippen LogP contribution in [0.1, 0.15) is 56.4 Å². The Morgan fingerprint density at radius 3 is 2.44 bits per heavy atom. The summed E-state index contributed by atoms with van der Waals surface area (Å²) in [4.78, 5) is 31.7. The fourth-order valence-electron chi connectivity index (χ4n) is 4.10. The van der Waals surface area contributed by atoms with Crippen molar-refractivity contribution in [3.8, 4) is 23.0 Å². The molecule has 7 heteroatoms. The predicted octanol–water partition coefficient (Wildman–Crippen LogP) is 4.39. The van der Waals surface area contributed by atoms with Gasteiger partial charge in [0.2, 0.25) is 5.89 Å². The molecule has 2 heterocycles. The molecule has 0 amide bonds. The van der Waals surface area contributed by atoms with Crippen LogP contribution >= 0.6 is 0 Å². The van der Waals surface area contributed by atoms with Gasteiger partial charge in [0.05, 0.1) is 32.8 Å². The highest BCUT2D eigenvalue weighted by molar-refractivity contribution is 5.99. The van der Waals surface area contributed by atoms with E-state index >= 15 is 0 Å². The van der Waals surface area contributed by atoms with Crippen LogP contribution < -0.4 is 9.47 Å². The lowest BCUT2D eigenvalue weighted by molar-refractivity contribution is -0.126. The molecule has 1 aromatic heterocycles. The number of ketones is 2. The number of oxazole rings is 1. The first-order valence-corrected chi connectivity index (χ1v) is 11.4. The number of rotatable bonds is 11. The predicted molar refractivity (Wildman–Crippen MR) is 122 cm³/mol. The lowest BCUT2D eigenvalue weighted by Gasteiger charge is -2.19. The topological polar surface area (TPSA) is 81.9 Å². The van der Waals surface area contributed by atoms with E-state index < -0.39 is 0 Å². The quantitative estimate of drug-likeness (QED) is 0.477. The second kappa shape index (κ2) is 11.8. The van der Waals surface area contributed by atoms with E-state index in [2.05, 4.69) is 9.88 Å². The lowest BCUT2D eigenvalue weighted by atomic mass is 10.1. The van der Waals surface area contributed by atoms with Gasteiger partial charge in [-0.3, -0.25) is 9.59 Å². The highest BCUT2D eigenvalue weighted by atomic mass is 16.5. The van der Waals surface area contributed by atoms with Gasteiger partial charge in [0.25, 0.3) is 0 Å². The van der Waals surface area contributed by atoms with E-state index in [0.29, 0.717) is 35.3 Å². The van der Waals surface area contributed by atoms with E-state index in [1.807, 2.05) is 6.07 Å². The number of carbonyl (C=O) groups excluding carboxylic acids is 2. The highest BCUT2D eigenvalue weighted by Crippen LogP contribution is 2.32. The van der Waals surface area contributed by atoms with Crippen molar-refractivity contribution in [1.29, 1.82) is 0 Å². The van der Waals surface area contributed by atoms with Crippen LogP contribution in [0.4, 0.5) is 0 Å². The third-order valence-electron chi connectivity index (χ3n) is 5.91. The molecule has 174 valence electrons. The molecule has 1 aromatic carbocycles. The van der Waals surface area contributed by atoms with Crippen LogP contribution in [-0.4, -0.2) is 55.3 Å². The molecule has 0 atom stereocenters. The molecule has 0 aliphatic carbocycles. The Labute approximate surface area is 190 Å². The van der Waals surface area contributed by atoms with Gasteiger partial charge in [-0.05, 0) is 64.0 Å². The number of hydrogen-bond donors (Lipinski definition) is 0. The third-order valence-corrected chi connectivity index (χ3v) is 5.91. The van der Waals surface area contributed by atoms with Crippen molar-refractivity contribution in [2.24, 2.45) is 0 Å². The summed E-state index contributed by atoms with van der Waals surface area (Å²) in [5, 5.41) is 0. The average molecular weight is 443 g/mol. The maximum atomic E-state index is 12.5. The molecule has 0 radical (unpaired) electrons. The third kappa shape index (κ3) is 6.66. The Balaban J connectivity index is 1.51. The minimum absolute atomic E-state index is 0.00563. The van der Waals surface area contributed by atoms with E-state index in [0.717, 1.165) is 31.6 Å². The minimum Gasteiger partial charge on any atom is -0.493 e. The Bertz CT molecular complexity index is 913.